The maximum atomic E-state index is 13.1. The summed E-state index contributed by atoms with van der Waals surface area (Å²) in [6.45, 7) is -1.42. The van der Waals surface area contributed by atoms with Gasteiger partial charge in [0.2, 0.25) is 0 Å². The maximum absolute atomic E-state index is 13.1. The van der Waals surface area contributed by atoms with Crippen LogP contribution in [0.2, 0.25) is 0 Å². The third-order valence-electron chi connectivity index (χ3n) is 2.79. The van der Waals surface area contributed by atoms with Crippen molar-refractivity contribution in [2.75, 3.05) is 0 Å². The lowest BCUT2D eigenvalue weighted by atomic mass is 10.2. The topological polar surface area (TPSA) is 20.7 Å². The molecule has 10 heteroatoms. The maximum Gasteiger partial charge on any atom is 0.416 e. The minimum absolute atomic E-state index is 0.103. The van der Waals surface area contributed by atoms with Crippen LogP contribution in [-0.4, -0.2) is 21.9 Å². The molecule has 0 aliphatic heterocycles. The second kappa shape index (κ2) is 5.00. The number of hydrogen-bond donors (Lipinski definition) is 1. The van der Waals surface area contributed by atoms with Crippen molar-refractivity contribution in [2.45, 2.75) is 25.1 Å². The molecule has 2 rings (SSSR count). The molecule has 0 unspecified atom stereocenters. The number of aromatic amines is 1. The van der Waals surface area contributed by atoms with Crippen LogP contribution in [0.3, 0.4) is 0 Å². The van der Waals surface area contributed by atoms with E-state index < -0.39 is 30.6 Å². The molecule has 0 amide bonds. The minimum atomic E-state index is -4.61. The van der Waals surface area contributed by atoms with E-state index in [1.165, 1.54) is 0 Å². The smallest absolute Gasteiger partial charge is 0.331 e. The highest BCUT2D eigenvalue weighted by atomic mass is 32.1. The van der Waals surface area contributed by atoms with Crippen molar-refractivity contribution < 1.29 is 30.7 Å². The van der Waals surface area contributed by atoms with Gasteiger partial charge in [0, 0.05) is 0 Å². The lowest BCUT2D eigenvalue weighted by Gasteiger charge is -2.16. The van der Waals surface area contributed by atoms with E-state index in [-0.39, 0.29) is 15.8 Å². The van der Waals surface area contributed by atoms with Crippen LogP contribution in [0.4, 0.5) is 30.7 Å². The van der Waals surface area contributed by atoms with Gasteiger partial charge >= 0.3 is 18.5 Å². The van der Waals surface area contributed by atoms with E-state index >= 15 is 0 Å². The van der Waals surface area contributed by atoms with Crippen LogP contribution in [0.15, 0.2) is 18.2 Å². The molecule has 0 aliphatic rings. The molecule has 0 spiro atoms. The number of hydrogen-bond acceptors (Lipinski definition) is 1. The van der Waals surface area contributed by atoms with Crippen molar-refractivity contribution in [3.63, 3.8) is 0 Å². The van der Waals surface area contributed by atoms with Crippen LogP contribution in [0, 0.1) is 4.77 Å². The molecular weight excluding hydrogens is 325 g/mol. The summed E-state index contributed by atoms with van der Waals surface area (Å²) in [5.74, 6) is -4.34. The van der Waals surface area contributed by atoms with Crippen LogP contribution < -0.4 is 0 Å². The van der Waals surface area contributed by atoms with Crippen LogP contribution in [0.5, 0.6) is 0 Å². The first-order chi connectivity index (χ1) is 9.52. The van der Waals surface area contributed by atoms with Crippen molar-refractivity contribution in [1.82, 2.24) is 9.55 Å². The van der Waals surface area contributed by atoms with E-state index in [9.17, 15) is 30.7 Å². The fourth-order valence-corrected chi connectivity index (χ4v) is 2.05. The summed E-state index contributed by atoms with van der Waals surface area (Å²) < 4.78 is 88.4. The Morgan fingerprint density at radius 2 is 1.76 bits per heavy atom. The predicted octanol–water partition coefficient (Wildman–Crippen LogP) is 4.62. The van der Waals surface area contributed by atoms with Crippen LogP contribution in [-0.2, 0) is 12.7 Å². The molecule has 0 radical (unpaired) electrons. The number of benzene rings is 1. The number of rotatable bonds is 3. The van der Waals surface area contributed by atoms with Crippen molar-refractivity contribution in [1.29, 1.82) is 0 Å². The second-order valence-corrected chi connectivity index (χ2v) is 4.69. The first-order valence-electron chi connectivity index (χ1n) is 5.48. The Labute approximate surface area is 118 Å². The van der Waals surface area contributed by atoms with Crippen LogP contribution in [0.25, 0.3) is 11.0 Å². The summed E-state index contributed by atoms with van der Waals surface area (Å²) in [5, 5.41) is 0. The predicted molar refractivity (Wildman–Crippen MR) is 63.1 cm³/mol. The highest BCUT2D eigenvalue weighted by Crippen LogP contribution is 2.32. The Bertz CT molecular complexity index is 713. The molecule has 2 nitrogen and oxygen atoms in total. The molecule has 0 fully saturated rings. The number of aromatic nitrogens is 2. The average Bonchev–Trinajstić information content (AvgIpc) is 2.63. The van der Waals surface area contributed by atoms with Gasteiger partial charge in [-0.2, -0.15) is 22.0 Å². The first-order valence-corrected chi connectivity index (χ1v) is 5.89. The summed E-state index contributed by atoms with van der Waals surface area (Å²) in [5.41, 5.74) is -1.26. The fraction of sp³-hybridized carbons (Fsp3) is 0.364. The van der Waals surface area contributed by atoms with Gasteiger partial charge in [0.25, 0.3) is 0 Å². The molecule has 0 saturated carbocycles. The van der Waals surface area contributed by atoms with Crippen molar-refractivity contribution in [3.05, 3.63) is 28.5 Å². The van der Waals surface area contributed by atoms with Gasteiger partial charge < -0.3 is 9.55 Å². The van der Waals surface area contributed by atoms with E-state index in [1.807, 2.05) is 0 Å². The molecule has 1 aromatic heterocycles. The summed E-state index contributed by atoms with van der Waals surface area (Å²) in [6, 6.07) is 2.26. The van der Waals surface area contributed by atoms with Crippen molar-refractivity contribution >= 4 is 23.3 Å². The average molecular weight is 332 g/mol. The zero-order chi connectivity index (χ0) is 16.0. The van der Waals surface area contributed by atoms with Gasteiger partial charge in [-0.15, -0.1) is 0 Å². The number of imidazole rings is 1. The van der Waals surface area contributed by atoms with E-state index in [2.05, 4.69) is 4.98 Å². The van der Waals surface area contributed by atoms with Gasteiger partial charge in [-0.1, -0.05) is 0 Å². The molecule has 0 atom stereocenters. The fourth-order valence-electron chi connectivity index (χ4n) is 1.78. The van der Waals surface area contributed by atoms with E-state index in [1.54, 1.807) is 0 Å². The Morgan fingerprint density at radius 1 is 1.14 bits per heavy atom. The van der Waals surface area contributed by atoms with Crippen LogP contribution >= 0.6 is 12.2 Å². The zero-order valence-electron chi connectivity index (χ0n) is 10.0. The number of halogens is 7. The summed E-state index contributed by atoms with van der Waals surface area (Å²) in [4.78, 5) is 2.30. The Balaban J connectivity index is 2.52. The molecule has 0 aliphatic carbocycles. The molecule has 1 heterocycles. The summed E-state index contributed by atoms with van der Waals surface area (Å²) in [6.07, 6.45) is -8.52. The third-order valence-corrected chi connectivity index (χ3v) is 3.11. The quantitative estimate of drug-likeness (QED) is 0.643. The van der Waals surface area contributed by atoms with Gasteiger partial charge in [0.1, 0.15) is 0 Å². The molecule has 21 heavy (non-hydrogen) atoms. The molecule has 0 saturated heterocycles. The van der Waals surface area contributed by atoms with Gasteiger partial charge in [-0.3, -0.25) is 0 Å². The lowest BCUT2D eigenvalue weighted by molar-refractivity contribution is -0.137. The normalized spacial score (nSPS) is 13.3. The highest BCUT2D eigenvalue weighted by molar-refractivity contribution is 7.71. The van der Waals surface area contributed by atoms with Gasteiger partial charge in [-0.05, 0) is 30.4 Å². The molecule has 116 valence electrons. The van der Waals surface area contributed by atoms with E-state index in [4.69, 9.17) is 12.2 Å². The number of alkyl halides is 7. The standard InChI is InChI=1S/C11H7F7N2S/c12-8(13)10(14,15)4-20-7-2-1-5(11(16,17)18)3-6(7)19-9(20)21/h1-3,8H,4H2,(H,19,21). The molecule has 1 aromatic carbocycles. The number of nitrogens with zero attached hydrogens (tertiary/aromatic N) is 1. The lowest BCUT2D eigenvalue weighted by Crippen LogP contribution is -2.32. The van der Waals surface area contributed by atoms with Crippen molar-refractivity contribution in [2.24, 2.45) is 0 Å². The van der Waals surface area contributed by atoms with Gasteiger partial charge in [0.05, 0.1) is 23.1 Å². The minimum Gasteiger partial charge on any atom is -0.331 e. The molecule has 0 bridgehead atoms. The van der Waals surface area contributed by atoms with E-state index in [0.717, 1.165) is 6.07 Å². The highest BCUT2D eigenvalue weighted by Gasteiger charge is 2.41. The summed E-state index contributed by atoms with van der Waals surface area (Å²) >= 11 is 4.69. The third kappa shape index (κ3) is 3.04. The second-order valence-electron chi connectivity index (χ2n) is 4.31. The summed E-state index contributed by atoms with van der Waals surface area (Å²) in [7, 11) is 0. The molecule has 2 aromatic rings. The zero-order valence-corrected chi connectivity index (χ0v) is 10.8. The SMILES string of the molecule is FC(F)C(F)(F)Cn1c(=S)[nH]c2cc(C(F)(F)F)ccc21. The first kappa shape index (κ1) is 15.8. The Morgan fingerprint density at radius 3 is 2.29 bits per heavy atom. The Hall–Kier alpha value is -1.58. The number of nitrogens with one attached hydrogen (secondary N) is 1. The molecular formula is C11H7F7N2S. The van der Waals surface area contributed by atoms with Gasteiger partial charge in [-0.25, -0.2) is 8.78 Å². The van der Waals surface area contributed by atoms with E-state index in [0.29, 0.717) is 16.7 Å². The van der Waals surface area contributed by atoms with Crippen LogP contribution in [0.1, 0.15) is 5.56 Å². The number of H-pyrrole nitrogens is 1. The van der Waals surface area contributed by atoms with Crippen molar-refractivity contribution in [3.8, 4) is 0 Å². The van der Waals surface area contributed by atoms with Gasteiger partial charge in [0.15, 0.2) is 4.77 Å². The largest absolute Gasteiger partial charge is 0.416 e. The molecule has 1 N–H and O–H groups in total. The Kier molecular flexibility index (Phi) is 3.77. The number of fused-ring (bicyclic) bond motifs is 1. The monoisotopic (exact) mass is 332 g/mol.